The molecule has 0 spiro atoms. The molecule has 0 heterocycles. The summed E-state index contributed by atoms with van der Waals surface area (Å²) in [6, 6.07) is 0. The molecular formula is C7H15N. The van der Waals surface area contributed by atoms with E-state index < -0.39 is 0 Å². The van der Waals surface area contributed by atoms with Crippen LogP contribution in [0.5, 0.6) is 0 Å². The van der Waals surface area contributed by atoms with Crippen LogP contribution in [0.3, 0.4) is 0 Å². The molecular weight excluding hydrogens is 98.1 g/mol. The zero-order chi connectivity index (χ0) is 6.99. The second-order valence-electron chi connectivity index (χ2n) is 1.09. The van der Waals surface area contributed by atoms with Crippen LogP contribution in [-0.2, 0) is 0 Å². The lowest BCUT2D eigenvalue weighted by Gasteiger charge is -1.78. The molecule has 0 aliphatic rings. The molecule has 0 aromatic rings. The average molecular weight is 113 g/mol. The summed E-state index contributed by atoms with van der Waals surface area (Å²) in [7, 11) is 0. The van der Waals surface area contributed by atoms with Gasteiger partial charge >= 0.3 is 0 Å². The number of aliphatic imine (C=N–C) groups is 1. The molecule has 0 aromatic carbocycles. The summed E-state index contributed by atoms with van der Waals surface area (Å²) in [5.41, 5.74) is 0.981. The number of hydrogen-bond acceptors (Lipinski definition) is 1. The number of rotatable bonds is 1. The first-order chi connectivity index (χ1) is 3.81. The Morgan fingerprint density at radius 1 is 1.50 bits per heavy atom. The Labute approximate surface area is 52.1 Å². The van der Waals surface area contributed by atoms with Gasteiger partial charge in [-0.1, -0.05) is 19.9 Å². The van der Waals surface area contributed by atoms with E-state index in [0.717, 1.165) is 5.70 Å². The van der Waals surface area contributed by atoms with Crippen molar-refractivity contribution < 1.29 is 0 Å². The molecule has 1 heteroatoms. The third kappa shape index (κ3) is 9.05. The van der Waals surface area contributed by atoms with Gasteiger partial charge in [0.2, 0.25) is 0 Å². The van der Waals surface area contributed by atoms with Crippen LogP contribution in [0.4, 0.5) is 0 Å². The highest BCUT2D eigenvalue weighted by Gasteiger charge is 1.67. The minimum Gasteiger partial charge on any atom is -0.270 e. The first kappa shape index (κ1) is 10.4. The fourth-order valence-electron chi connectivity index (χ4n) is 0.0913. The van der Waals surface area contributed by atoms with Crippen LogP contribution in [0.25, 0.3) is 0 Å². The minimum absolute atomic E-state index is 0.981. The lowest BCUT2D eigenvalue weighted by atomic mass is 10.5. The highest BCUT2D eigenvalue weighted by molar-refractivity contribution is 5.27. The molecule has 0 rings (SSSR count). The van der Waals surface area contributed by atoms with Crippen molar-refractivity contribution in [2.24, 2.45) is 4.99 Å². The Hall–Kier alpha value is -0.590. The summed E-state index contributed by atoms with van der Waals surface area (Å²) in [4.78, 5) is 3.62. The van der Waals surface area contributed by atoms with Gasteiger partial charge in [-0.05, 0) is 20.6 Å². The fraction of sp³-hybridized carbons (Fsp3) is 0.571. The Balaban J connectivity index is 0. The summed E-state index contributed by atoms with van der Waals surface area (Å²) in [6.07, 6.45) is 1.91. The van der Waals surface area contributed by atoms with E-state index in [1.165, 1.54) is 0 Å². The Kier molecular flexibility index (Phi) is 12.5. The molecule has 0 unspecified atom stereocenters. The van der Waals surface area contributed by atoms with Gasteiger partial charge in [0, 0.05) is 5.70 Å². The Morgan fingerprint density at radius 2 is 1.88 bits per heavy atom. The number of allylic oxidation sites excluding steroid dienone is 2. The molecule has 1 nitrogen and oxygen atoms in total. The van der Waals surface area contributed by atoms with Crippen molar-refractivity contribution in [2.75, 3.05) is 0 Å². The maximum atomic E-state index is 3.62. The monoisotopic (exact) mass is 113 g/mol. The van der Waals surface area contributed by atoms with Crippen LogP contribution in [0.15, 0.2) is 16.8 Å². The van der Waals surface area contributed by atoms with Crippen LogP contribution in [0.2, 0.25) is 0 Å². The van der Waals surface area contributed by atoms with Crippen molar-refractivity contribution in [3.63, 3.8) is 0 Å². The quantitative estimate of drug-likeness (QED) is 0.463. The second-order valence-corrected chi connectivity index (χ2v) is 1.09. The molecule has 0 saturated heterocycles. The van der Waals surface area contributed by atoms with Gasteiger partial charge in [-0.3, -0.25) is 4.99 Å². The summed E-state index contributed by atoms with van der Waals surface area (Å²) < 4.78 is 0. The summed E-state index contributed by atoms with van der Waals surface area (Å²) in [5.74, 6) is 0. The standard InChI is InChI=1S/C5H9N.C2H6/c1-4-5(2)6-3;1-2/h4H,3H2,1-2H3;1-2H3/b5-4+;. The molecule has 8 heavy (non-hydrogen) atoms. The third-order valence-corrected chi connectivity index (χ3v) is 0.667. The van der Waals surface area contributed by atoms with Crippen LogP contribution < -0.4 is 0 Å². The van der Waals surface area contributed by atoms with Crippen molar-refractivity contribution in [2.45, 2.75) is 27.7 Å². The van der Waals surface area contributed by atoms with Crippen molar-refractivity contribution in [1.29, 1.82) is 0 Å². The zero-order valence-corrected chi connectivity index (χ0v) is 6.23. The van der Waals surface area contributed by atoms with E-state index in [9.17, 15) is 0 Å². The smallest absolute Gasteiger partial charge is 0.0322 e. The second kappa shape index (κ2) is 9.65. The van der Waals surface area contributed by atoms with Gasteiger partial charge in [-0.25, -0.2) is 0 Å². The highest BCUT2D eigenvalue weighted by atomic mass is 14.7. The van der Waals surface area contributed by atoms with E-state index in [1.807, 2.05) is 33.8 Å². The first-order valence-electron chi connectivity index (χ1n) is 2.91. The van der Waals surface area contributed by atoms with Gasteiger partial charge in [0.15, 0.2) is 0 Å². The van der Waals surface area contributed by atoms with Gasteiger partial charge < -0.3 is 0 Å². The van der Waals surface area contributed by atoms with Crippen molar-refractivity contribution >= 4 is 6.72 Å². The summed E-state index contributed by atoms with van der Waals surface area (Å²) in [6.45, 7) is 11.2. The first-order valence-corrected chi connectivity index (χ1v) is 2.91. The molecule has 0 atom stereocenters. The zero-order valence-electron chi connectivity index (χ0n) is 6.23. The molecule has 0 aliphatic heterocycles. The molecule has 0 amide bonds. The van der Waals surface area contributed by atoms with Crippen molar-refractivity contribution in [1.82, 2.24) is 0 Å². The topological polar surface area (TPSA) is 12.4 Å². The molecule has 0 fully saturated rings. The van der Waals surface area contributed by atoms with E-state index in [2.05, 4.69) is 11.7 Å². The molecule has 0 aromatic heterocycles. The number of nitrogens with zero attached hydrogens (tertiary/aromatic N) is 1. The van der Waals surface area contributed by atoms with Crippen LogP contribution in [-0.4, -0.2) is 6.72 Å². The predicted molar refractivity (Wildman–Crippen MR) is 40.3 cm³/mol. The van der Waals surface area contributed by atoms with Gasteiger partial charge in [0.05, 0.1) is 0 Å². The normalized spacial score (nSPS) is 9.25. The van der Waals surface area contributed by atoms with E-state index in [4.69, 9.17) is 0 Å². The van der Waals surface area contributed by atoms with Crippen LogP contribution in [0.1, 0.15) is 27.7 Å². The van der Waals surface area contributed by atoms with E-state index in [-0.39, 0.29) is 0 Å². The molecule has 0 radical (unpaired) electrons. The Bertz CT molecular complexity index is 72.5. The number of hydrogen-bond donors (Lipinski definition) is 0. The maximum Gasteiger partial charge on any atom is 0.0322 e. The van der Waals surface area contributed by atoms with E-state index >= 15 is 0 Å². The molecule has 0 aliphatic carbocycles. The van der Waals surface area contributed by atoms with Gasteiger partial charge in [0.1, 0.15) is 0 Å². The Morgan fingerprint density at radius 3 is 1.88 bits per heavy atom. The van der Waals surface area contributed by atoms with Crippen molar-refractivity contribution in [3.8, 4) is 0 Å². The van der Waals surface area contributed by atoms with Crippen LogP contribution in [0, 0.1) is 0 Å². The molecule has 0 bridgehead atoms. The van der Waals surface area contributed by atoms with E-state index in [1.54, 1.807) is 0 Å². The molecule has 0 saturated carbocycles. The SMILES string of the molecule is C=N/C(C)=C/C.CC. The lowest BCUT2D eigenvalue weighted by molar-refractivity contribution is 1.30. The van der Waals surface area contributed by atoms with E-state index in [0.29, 0.717) is 0 Å². The summed E-state index contributed by atoms with van der Waals surface area (Å²) >= 11 is 0. The molecule has 48 valence electrons. The predicted octanol–water partition coefficient (Wildman–Crippen LogP) is 2.64. The van der Waals surface area contributed by atoms with Gasteiger partial charge in [0.25, 0.3) is 0 Å². The van der Waals surface area contributed by atoms with Crippen molar-refractivity contribution in [3.05, 3.63) is 11.8 Å². The fourth-order valence-corrected chi connectivity index (χ4v) is 0.0913. The highest BCUT2D eigenvalue weighted by Crippen LogP contribution is 1.87. The maximum absolute atomic E-state index is 3.62. The average Bonchev–Trinajstić information content (AvgIpc) is 1.91. The largest absolute Gasteiger partial charge is 0.270 e. The summed E-state index contributed by atoms with van der Waals surface area (Å²) in [5, 5.41) is 0. The van der Waals surface area contributed by atoms with Gasteiger partial charge in [-0.15, -0.1) is 0 Å². The lowest BCUT2D eigenvalue weighted by Crippen LogP contribution is -1.58. The third-order valence-electron chi connectivity index (χ3n) is 0.667. The molecule has 0 N–H and O–H groups in total. The van der Waals surface area contributed by atoms with Gasteiger partial charge in [-0.2, -0.15) is 0 Å². The van der Waals surface area contributed by atoms with Crippen LogP contribution >= 0.6 is 0 Å². The minimum atomic E-state index is 0.981.